The van der Waals surface area contributed by atoms with E-state index in [1.165, 1.54) is 17.7 Å². The molecule has 0 N–H and O–H groups in total. The molecule has 1 fully saturated rings. The van der Waals surface area contributed by atoms with Gasteiger partial charge in [-0.1, -0.05) is 24.3 Å². The SMILES string of the molecule is COc1ccc(CN2CCCN(C(=O)/C=C/c3ccc(F)cc3)CC2)cc1. The predicted molar refractivity (Wildman–Crippen MR) is 105 cm³/mol. The minimum Gasteiger partial charge on any atom is -0.497 e. The van der Waals surface area contributed by atoms with E-state index in [-0.39, 0.29) is 11.7 Å². The summed E-state index contributed by atoms with van der Waals surface area (Å²) in [6, 6.07) is 14.2. The van der Waals surface area contributed by atoms with Gasteiger partial charge in [-0.15, -0.1) is 0 Å². The minimum atomic E-state index is -0.275. The molecule has 0 atom stereocenters. The molecule has 0 unspecified atom stereocenters. The number of methoxy groups -OCH3 is 1. The summed E-state index contributed by atoms with van der Waals surface area (Å²) in [5.41, 5.74) is 2.06. The van der Waals surface area contributed by atoms with E-state index in [9.17, 15) is 9.18 Å². The first-order chi connectivity index (χ1) is 13.1. The highest BCUT2D eigenvalue weighted by atomic mass is 19.1. The molecule has 0 bridgehead atoms. The van der Waals surface area contributed by atoms with Crippen LogP contribution in [-0.4, -0.2) is 49.0 Å². The summed E-state index contributed by atoms with van der Waals surface area (Å²) >= 11 is 0. The minimum absolute atomic E-state index is 0.00521. The summed E-state index contributed by atoms with van der Waals surface area (Å²) in [4.78, 5) is 16.7. The van der Waals surface area contributed by atoms with E-state index >= 15 is 0 Å². The quantitative estimate of drug-likeness (QED) is 0.757. The first kappa shape index (κ1) is 19.1. The van der Waals surface area contributed by atoms with Crippen molar-refractivity contribution in [3.63, 3.8) is 0 Å². The number of carbonyl (C=O) groups excluding carboxylic acids is 1. The van der Waals surface area contributed by atoms with Gasteiger partial charge >= 0.3 is 0 Å². The van der Waals surface area contributed by atoms with Crippen molar-refractivity contribution in [2.45, 2.75) is 13.0 Å². The maximum atomic E-state index is 12.9. The van der Waals surface area contributed by atoms with Gasteiger partial charge in [-0.05, 0) is 47.9 Å². The van der Waals surface area contributed by atoms with Crippen molar-refractivity contribution in [1.82, 2.24) is 9.80 Å². The second-order valence-electron chi connectivity index (χ2n) is 6.69. The molecule has 2 aromatic rings. The molecule has 142 valence electrons. The maximum Gasteiger partial charge on any atom is 0.246 e. The maximum absolute atomic E-state index is 12.9. The van der Waals surface area contributed by atoms with Crippen molar-refractivity contribution < 1.29 is 13.9 Å². The largest absolute Gasteiger partial charge is 0.497 e. The van der Waals surface area contributed by atoms with E-state index in [4.69, 9.17) is 4.74 Å². The average molecular weight is 368 g/mol. The molecule has 2 aromatic carbocycles. The molecule has 0 saturated carbocycles. The Kier molecular flexibility index (Phi) is 6.60. The van der Waals surface area contributed by atoms with Crippen LogP contribution >= 0.6 is 0 Å². The highest BCUT2D eigenvalue weighted by Gasteiger charge is 2.17. The molecule has 0 aliphatic carbocycles. The van der Waals surface area contributed by atoms with Gasteiger partial charge in [-0.3, -0.25) is 9.69 Å². The highest BCUT2D eigenvalue weighted by Crippen LogP contribution is 2.14. The molecule has 5 heteroatoms. The van der Waals surface area contributed by atoms with Crippen molar-refractivity contribution >= 4 is 12.0 Å². The molecule has 1 heterocycles. The van der Waals surface area contributed by atoms with Gasteiger partial charge in [-0.2, -0.15) is 0 Å². The topological polar surface area (TPSA) is 32.8 Å². The molecule has 3 rings (SSSR count). The van der Waals surface area contributed by atoms with Crippen molar-refractivity contribution in [2.75, 3.05) is 33.3 Å². The standard InChI is InChI=1S/C22H25FN2O2/c1-27-21-10-5-19(6-11-21)17-24-13-2-14-25(16-15-24)22(26)12-7-18-3-8-20(23)9-4-18/h3-12H,2,13-17H2,1H3/b12-7+. The monoisotopic (exact) mass is 368 g/mol. The second kappa shape index (κ2) is 9.33. The second-order valence-corrected chi connectivity index (χ2v) is 6.69. The van der Waals surface area contributed by atoms with Gasteiger partial charge in [0, 0.05) is 38.8 Å². The van der Waals surface area contributed by atoms with Gasteiger partial charge in [0.25, 0.3) is 0 Å². The number of amides is 1. The molecule has 0 radical (unpaired) electrons. The normalized spacial score (nSPS) is 15.7. The van der Waals surface area contributed by atoms with Crippen molar-refractivity contribution in [2.24, 2.45) is 0 Å². The molecule has 0 aromatic heterocycles. The van der Waals surface area contributed by atoms with E-state index < -0.39 is 0 Å². The smallest absolute Gasteiger partial charge is 0.246 e. The van der Waals surface area contributed by atoms with Crippen LogP contribution in [0.15, 0.2) is 54.6 Å². The molecule has 1 saturated heterocycles. The molecule has 4 nitrogen and oxygen atoms in total. The zero-order valence-electron chi connectivity index (χ0n) is 15.6. The molecule has 0 spiro atoms. The van der Waals surface area contributed by atoms with Crippen molar-refractivity contribution in [3.8, 4) is 5.75 Å². The van der Waals surface area contributed by atoms with Crippen LogP contribution in [-0.2, 0) is 11.3 Å². The number of halogens is 1. The lowest BCUT2D eigenvalue weighted by molar-refractivity contribution is -0.125. The lowest BCUT2D eigenvalue weighted by Crippen LogP contribution is -2.34. The summed E-state index contributed by atoms with van der Waals surface area (Å²) < 4.78 is 18.1. The Morgan fingerprint density at radius 3 is 2.48 bits per heavy atom. The molecule has 27 heavy (non-hydrogen) atoms. The Bertz CT molecular complexity index is 772. The van der Waals surface area contributed by atoms with Crippen LogP contribution in [0.1, 0.15) is 17.5 Å². The van der Waals surface area contributed by atoms with Crippen LogP contribution in [0.2, 0.25) is 0 Å². The van der Waals surface area contributed by atoms with Gasteiger partial charge in [0.05, 0.1) is 7.11 Å². The first-order valence-corrected chi connectivity index (χ1v) is 9.22. The van der Waals surface area contributed by atoms with Crippen molar-refractivity contribution in [3.05, 3.63) is 71.6 Å². The molecule has 1 amide bonds. The zero-order chi connectivity index (χ0) is 19.1. The Balaban J connectivity index is 1.52. The van der Waals surface area contributed by atoms with Gasteiger partial charge in [0.1, 0.15) is 11.6 Å². The van der Waals surface area contributed by atoms with Gasteiger partial charge in [0.2, 0.25) is 5.91 Å². The van der Waals surface area contributed by atoms with Crippen LogP contribution in [0, 0.1) is 5.82 Å². The highest BCUT2D eigenvalue weighted by molar-refractivity contribution is 5.91. The third-order valence-electron chi connectivity index (χ3n) is 4.75. The van der Waals surface area contributed by atoms with Crippen LogP contribution in [0.25, 0.3) is 6.08 Å². The van der Waals surface area contributed by atoms with Gasteiger partial charge in [0.15, 0.2) is 0 Å². The number of carbonyl (C=O) groups is 1. The summed E-state index contributed by atoms with van der Waals surface area (Å²) in [6.45, 7) is 4.16. The number of hydrogen-bond donors (Lipinski definition) is 0. The van der Waals surface area contributed by atoms with Crippen LogP contribution in [0.4, 0.5) is 4.39 Å². The van der Waals surface area contributed by atoms with E-state index in [1.54, 1.807) is 31.4 Å². The van der Waals surface area contributed by atoms with Crippen LogP contribution in [0.3, 0.4) is 0 Å². The molecular weight excluding hydrogens is 343 g/mol. The Hall–Kier alpha value is -2.66. The predicted octanol–water partition coefficient (Wildman–Crippen LogP) is 3.58. The number of ether oxygens (including phenoxy) is 1. The van der Waals surface area contributed by atoms with Crippen molar-refractivity contribution in [1.29, 1.82) is 0 Å². The third kappa shape index (κ3) is 5.66. The Labute approximate surface area is 159 Å². The van der Waals surface area contributed by atoms with Crippen LogP contribution in [0.5, 0.6) is 5.75 Å². The number of hydrogen-bond acceptors (Lipinski definition) is 3. The Morgan fingerprint density at radius 2 is 1.78 bits per heavy atom. The van der Waals surface area contributed by atoms with Crippen LogP contribution < -0.4 is 4.74 Å². The fraction of sp³-hybridized carbons (Fsp3) is 0.318. The summed E-state index contributed by atoms with van der Waals surface area (Å²) in [7, 11) is 1.67. The lowest BCUT2D eigenvalue weighted by Gasteiger charge is -2.21. The fourth-order valence-electron chi connectivity index (χ4n) is 3.19. The van der Waals surface area contributed by atoms with E-state index in [1.807, 2.05) is 17.0 Å². The lowest BCUT2D eigenvalue weighted by atomic mass is 10.2. The average Bonchev–Trinajstić information content (AvgIpc) is 2.93. The van der Waals surface area contributed by atoms with E-state index in [0.717, 1.165) is 43.9 Å². The summed E-state index contributed by atoms with van der Waals surface area (Å²) in [5.74, 6) is 0.591. The van der Waals surface area contributed by atoms with E-state index in [0.29, 0.717) is 6.54 Å². The molecular formula is C22H25FN2O2. The Morgan fingerprint density at radius 1 is 1.04 bits per heavy atom. The summed E-state index contributed by atoms with van der Waals surface area (Å²) in [6.07, 6.45) is 4.26. The van der Waals surface area contributed by atoms with Gasteiger partial charge in [-0.25, -0.2) is 4.39 Å². The van der Waals surface area contributed by atoms with E-state index in [2.05, 4.69) is 17.0 Å². The zero-order valence-corrected chi connectivity index (χ0v) is 15.6. The molecule has 1 aliphatic heterocycles. The van der Waals surface area contributed by atoms with Gasteiger partial charge < -0.3 is 9.64 Å². The fourth-order valence-corrected chi connectivity index (χ4v) is 3.19. The molecule has 1 aliphatic rings. The number of rotatable bonds is 5. The number of nitrogens with zero attached hydrogens (tertiary/aromatic N) is 2. The first-order valence-electron chi connectivity index (χ1n) is 9.22. The summed E-state index contributed by atoms with van der Waals surface area (Å²) in [5, 5.41) is 0. The number of benzene rings is 2. The third-order valence-corrected chi connectivity index (χ3v) is 4.75.